The highest BCUT2D eigenvalue weighted by Crippen LogP contribution is 2.34. The van der Waals surface area contributed by atoms with Crippen LogP contribution >= 0.6 is 0 Å². The van der Waals surface area contributed by atoms with Crippen LogP contribution < -0.4 is 20.5 Å². The molecule has 12 heteroatoms. The maximum absolute atomic E-state index is 11.5. The minimum absolute atomic E-state index is 0.326. The van der Waals surface area contributed by atoms with Crippen molar-refractivity contribution in [3.05, 3.63) is 24.8 Å². The number of nitrogen functional groups attached to an aromatic ring is 1. The second kappa shape index (κ2) is 11.9. The Bertz CT molecular complexity index is 737. The Labute approximate surface area is 171 Å². The summed E-state index contributed by atoms with van der Waals surface area (Å²) in [6, 6.07) is 3.29. The van der Waals surface area contributed by atoms with Gasteiger partial charge in [-0.1, -0.05) is 6.58 Å². The van der Waals surface area contributed by atoms with E-state index in [1.807, 2.05) is 0 Å². The largest absolute Gasteiger partial charge is 0.494 e. The molecule has 0 atom stereocenters. The van der Waals surface area contributed by atoms with Gasteiger partial charge in [-0.2, -0.15) is 13.2 Å². The SMILES string of the molecule is C=CC(=O)Nc1cc(N)c(OC)cc1OCCN1CCOCC1.O=C(O)C(F)(F)F. The fraction of sp³-hybridized carbons (Fsp3) is 0.444. The number of rotatable bonds is 7. The lowest BCUT2D eigenvalue weighted by Gasteiger charge is -2.26. The van der Waals surface area contributed by atoms with Crippen LogP contribution in [-0.2, 0) is 14.3 Å². The van der Waals surface area contributed by atoms with Crippen molar-refractivity contribution in [2.75, 3.05) is 57.6 Å². The van der Waals surface area contributed by atoms with E-state index in [1.165, 1.54) is 13.2 Å². The minimum Gasteiger partial charge on any atom is -0.494 e. The Morgan fingerprint density at radius 1 is 1.33 bits per heavy atom. The highest BCUT2D eigenvalue weighted by molar-refractivity contribution is 6.00. The number of morpholine rings is 1. The van der Waals surface area contributed by atoms with Gasteiger partial charge in [0.15, 0.2) is 0 Å². The average molecular weight is 435 g/mol. The lowest BCUT2D eigenvalue weighted by molar-refractivity contribution is -0.192. The fourth-order valence-corrected chi connectivity index (χ4v) is 2.27. The number of nitrogens with zero attached hydrogens (tertiary/aromatic N) is 1. The van der Waals surface area contributed by atoms with Gasteiger partial charge in [-0.3, -0.25) is 9.69 Å². The smallest absolute Gasteiger partial charge is 0.490 e. The third kappa shape index (κ3) is 8.57. The number of nitrogens with one attached hydrogen (secondary N) is 1. The number of hydrogen-bond acceptors (Lipinski definition) is 7. The molecule has 0 saturated carbocycles. The lowest BCUT2D eigenvalue weighted by atomic mass is 10.2. The van der Waals surface area contributed by atoms with Crippen molar-refractivity contribution in [2.24, 2.45) is 0 Å². The van der Waals surface area contributed by atoms with Crippen molar-refractivity contribution in [1.82, 2.24) is 4.90 Å². The van der Waals surface area contributed by atoms with Gasteiger partial charge in [-0.25, -0.2) is 4.79 Å². The number of aliphatic carboxylic acids is 1. The normalized spacial score (nSPS) is 14.1. The highest BCUT2D eigenvalue weighted by Gasteiger charge is 2.38. The summed E-state index contributed by atoms with van der Waals surface area (Å²) < 4.78 is 48.1. The van der Waals surface area contributed by atoms with Gasteiger partial charge in [0, 0.05) is 25.7 Å². The van der Waals surface area contributed by atoms with Crippen molar-refractivity contribution >= 4 is 23.3 Å². The molecule has 0 bridgehead atoms. The molecule has 1 aliphatic rings. The maximum Gasteiger partial charge on any atom is 0.490 e. The van der Waals surface area contributed by atoms with Crippen LogP contribution in [-0.4, -0.2) is 74.6 Å². The molecule has 0 aromatic heterocycles. The van der Waals surface area contributed by atoms with Crippen LogP contribution in [0.4, 0.5) is 24.5 Å². The van der Waals surface area contributed by atoms with Gasteiger partial charge < -0.3 is 30.4 Å². The van der Waals surface area contributed by atoms with Crippen LogP contribution in [0.3, 0.4) is 0 Å². The first kappa shape index (κ1) is 25.0. The van der Waals surface area contributed by atoms with E-state index in [9.17, 15) is 18.0 Å². The van der Waals surface area contributed by atoms with Crippen molar-refractivity contribution in [2.45, 2.75) is 6.18 Å². The third-order valence-electron chi connectivity index (χ3n) is 3.79. The number of halogens is 3. The number of carbonyl (C=O) groups excluding carboxylic acids is 1. The van der Waals surface area contributed by atoms with Gasteiger partial charge in [-0.15, -0.1) is 0 Å². The number of ether oxygens (including phenoxy) is 3. The van der Waals surface area contributed by atoms with E-state index in [1.54, 1.807) is 12.1 Å². The van der Waals surface area contributed by atoms with Crippen LogP contribution in [0.2, 0.25) is 0 Å². The zero-order valence-corrected chi connectivity index (χ0v) is 16.3. The van der Waals surface area contributed by atoms with E-state index in [0.29, 0.717) is 29.5 Å². The Hall–Kier alpha value is -2.99. The molecule has 1 aliphatic heterocycles. The molecule has 0 unspecified atom stereocenters. The monoisotopic (exact) mass is 435 g/mol. The number of methoxy groups -OCH3 is 1. The molecule has 9 nitrogen and oxygen atoms in total. The van der Waals surface area contributed by atoms with E-state index >= 15 is 0 Å². The molecule has 0 aliphatic carbocycles. The van der Waals surface area contributed by atoms with Gasteiger partial charge in [0.05, 0.1) is 31.7 Å². The van der Waals surface area contributed by atoms with E-state index in [-0.39, 0.29) is 5.91 Å². The molecule has 1 amide bonds. The quantitative estimate of drug-likeness (QED) is 0.437. The van der Waals surface area contributed by atoms with Crippen LogP contribution in [0.15, 0.2) is 24.8 Å². The minimum atomic E-state index is -5.08. The number of amides is 1. The van der Waals surface area contributed by atoms with Crippen molar-refractivity contribution in [3.63, 3.8) is 0 Å². The lowest BCUT2D eigenvalue weighted by Crippen LogP contribution is -2.38. The molecule has 0 radical (unpaired) electrons. The van der Waals surface area contributed by atoms with Crippen LogP contribution in [0.1, 0.15) is 0 Å². The first-order valence-electron chi connectivity index (χ1n) is 8.72. The second-order valence-corrected chi connectivity index (χ2v) is 5.89. The molecular weight excluding hydrogens is 411 g/mol. The topological polar surface area (TPSA) is 123 Å². The van der Waals surface area contributed by atoms with Gasteiger partial charge in [-0.05, 0) is 12.1 Å². The van der Waals surface area contributed by atoms with Crippen LogP contribution in [0, 0.1) is 0 Å². The Morgan fingerprint density at radius 3 is 2.43 bits per heavy atom. The standard InChI is InChI=1S/C16H23N3O4.C2HF3O2/c1-3-16(20)18-13-10-12(17)14(21-2)11-15(13)23-9-6-19-4-7-22-8-5-19;3-2(4,5)1(6)7/h3,10-11H,1,4-9,17H2,2H3,(H,18,20);(H,6,7). The van der Waals surface area contributed by atoms with Crippen molar-refractivity contribution in [1.29, 1.82) is 0 Å². The fourth-order valence-electron chi connectivity index (χ4n) is 2.27. The molecule has 2 rings (SSSR count). The number of hydrogen-bond donors (Lipinski definition) is 3. The molecule has 1 saturated heterocycles. The van der Waals surface area contributed by atoms with Gasteiger partial charge in [0.25, 0.3) is 0 Å². The summed E-state index contributed by atoms with van der Waals surface area (Å²) in [5.74, 6) is -2.07. The zero-order valence-electron chi connectivity index (χ0n) is 16.3. The van der Waals surface area contributed by atoms with E-state index in [2.05, 4.69) is 16.8 Å². The number of carboxylic acids is 1. The Kier molecular flexibility index (Phi) is 9.92. The molecule has 1 heterocycles. The molecule has 168 valence electrons. The molecule has 30 heavy (non-hydrogen) atoms. The van der Waals surface area contributed by atoms with Crippen molar-refractivity contribution < 1.29 is 42.1 Å². The summed E-state index contributed by atoms with van der Waals surface area (Å²) in [4.78, 5) is 22.7. The number of carbonyl (C=O) groups is 2. The van der Waals surface area contributed by atoms with E-state index in [0.717, 1.165) is 32.8 Å². The molecule has 1 aromatic carbocycles. The van der Waals surface area contributed by atoms with Crippen LogP contribution in [0.5, 0.6) is 11.5 Å². The summed E-state index contributed by atoms with van der Waals surface area (Å²) in [6.07, 6.45) is -3.89. The zero-order chi connectivity index (χ0) is 22.7. The average Bonchev–Trinajstić information content (AvgIpc) is 2.70. The van der Waals surface area contributed by atoms with Crippen molar-refractivity contribution in [3.8, 4) is 11.5 Å². The molecular formula is C18H24F3N3O6. The second-order valence-electron chi connectivity index (χ2n) is 5.89. The highest BCUT2D eigenvalue weighted by atomic mass is 19.4. The van der Waals surface area contributed by atoms with Crippen LogP contribution in [0.25, 0.3) is 0 Å². The first-order valence-corrected chi connectivity index (χ1v) is 8.72. The summed E-state index contributed by atoms with van der Waals surface area (Å²) in [5.41, 5.74) is 6.80. The molecule has 4 N–H and O–H groups in total. The number of benzene rings is 1. The van der Waals surface area contributed by atoms with Gasteiger partial charge in [0.1, 0.15) is 18.1 Å². The molecule has 1 aromatic rings. The first-order chi connectivity index (χ1) is 14.1. The van der Waals surface area contributed by atoms with E-state index in [4.69, 9.17) is 29.8 Å². The summed E-state index contributed by atoms with van der Waals surface area (Å²) >= 11 is 0. The number of nitrogens with two attached hydrogens (primary N) is 1. The van der Waals surface area contributed by atoms with Gasteiger partial charge >= 0.3 is 12.1 Å². The molecule has 1 fully saturated rings. The number of carboxylic acid groups (broad SMARTS) is 1. The van der Waals surface area contributed by atoms with E-state index < -0.39 is 12.1 Å². The summed E-state index contributed by atoms with van der Waals surface area (Å²) in [7, 11) is 1.53. The Morgan fingerprint density at radius 2 is 1.93 bits per heavy atom. The summed E-state index contributed by atoms with van der Waals surface area (Å²) in [5, 5.41) is 9.81. The predicted octanol–water partition coefficient (Wildman–Crippen LogP) is 1.75. The maximum atomic E-state index is 11.5. The predicted molar refractivity (Wildman–Crippen MR) is 103 cm³/mol. The molecule has 0 spiro atoms. The van der Waals surface area contributed by atoms with Gasteiger partial charge in [0.2, 0.25) is 5.91 Å². The number of anilines is 2. The number of alkyl halides is 3. The summed E-state index contributed by atoms with van der Waals surface area (Å²) in [6.45, 7) is 8.00. The Balaban J connectivity index is 0.000000553. The third-order valence-corrected chi connectivity index (χ3v) is 3.79.